The third-order valence-electron chi connectivity index (χ3n) is 2.36. The summed E-state index contributed by atoms with van der Waals surface area (Å²) in [4.78, 5) is 10.7. The summed E-state index contributed by atoms with van der Waals surface area (Å²) in [6.45, 7) is 9.82. The molecule has 0 fully saturated rings. The Morgan fingerprint density at radius 2 is 2.29 bits per heavy atom. The number of para-hydroxylation sites is 1. The Morgan fingerprint density at radius 1 is 1.59 bits per heavy atom. The number of ether oxygens (including phenoxy) is 1. The minimum atomic E-state index is -0.429. The van der Waals surface area contributed by atoms with E-state index in [1.807, 2.05) is 6.92 Å². The number of nitro groups is 1. The highest BCUT2D eigenvalue weighted by Gasteiger charge is 2.23. The second-order valence-corrected chi connectivity index (χ2v) is 3.64. The normalized spacial score (nSPS) is 11.9. The van der Waals surface area contributed by atoms with Gasteiger partial charge in [0.05, 0.1) is 11.5 Å². The van der Waals surface area contributed by atoms with Crippen LogP contribution in [-0.4, -0.2) is 11.5 Å². The largest absolute Gasteiger partial charge is 0.487 e. The lowest BCUT2D eigenvalue weighted by Gasteiger charge is -2.11. The van der Waals surface area contributed by atoms with Gasteiger partial charge < -0.3 is 4.74 Å². The number of allylic oxidation sites excluding steroid dienone is 1. The quantitative estimate of drug-likeness (QED) is 0.430. The van der Waals surface area contributed by atoms with Gasteiger partial charge in [0.25, 0.3) is 0 Å². The van der Waals surface area contributed by atoms with Crippen LogP contribution in [0.3, 0.4) is 0 Å². The molecule has 0 heterocycles. The minimum Gasteiger partial charge on any atom is -0.487 e. The first-order valence-corrected chi connectivity index (χ1v) is 5.47. The van der Waals surface area contributed by atoms with E-state index in [1.165, 1.54) is 0 Å². The highest BCUT2D eigenvalue weighted by molar-refractivity contribution is 5.55. The van der Waals surface area contributed by atoms with Gasteiger partial charge in [-0.2, -0.15) is 0 Å². The molecule has 1 aromatic carbocycles. The molecule has 0 bridgehead atoms. The Labute approximate surface area is 101 Å². The summed E-state index contributed by atoms with van der Waals surface area (Å²) >= 11 is 0. The first-order chi connectivity index (χ1) is 8.11. The van der Waals surface area contributed by atoms with E-state index in [4.69, 9.17) is 4.74 Å². The molecule has 1 atom stereocenters. The highest BCUT2D eigenvalue weighted by atomic mass is 16.6. The summed E-state index contributed by atoms with van der Waals surface area (Å²) in [6.07, 6.45) is 2.38. The first kappa shape index (κ1) is 13.2. The Hall–Kier alpha value is -1.84. The van der Waals surface area contributed by atoms with Crippen LogP contribution >= 0.6 is 0 Å². The van der Waals surface area contributed by atoms with Crippen LogP contribution in [0.15, 0.2) is 30.9 Å². The van der Waals surface area contributed by atoms with Gasteiger partial charge in [0, 0.05) is 11.5 Å². The fourth-order valence-electron chi connectivity index (χ4n) is 1.49. The predicted octanol–water partition coefficient (Wildman–Crippen LogP) is 3.49. The van der Waals surface area contributed by atoms with Crippen molar-refractivity contribution in [3.63, 3.8) is 0 Å². The van der Waals surface area contributed by atoms with Gasteiger partial charge in [0.2, 0.25) is 0 Å². The van der Waals surface area contributed by atoms with Crippen LogP contribution in [0.25, 0.3) is 0 Å². The van der Waals surface area contributed by atoms with Crippen molar-refractivity contribution in [1.29, 1.82) is 0 Å². The Bertz CT molecular complexity index is 415. The molecule has 91 valence electrons. The average Bonchev–Trinajstić information content (AvgIpc) is 2.34. The van der Waals surface area contributed by atoms with Gasteiger partial charge >= 0.3 is 5.69 Å². The summed E-state index contributed by atoms with van der Waals surface area (Å²) in [5.74, 6) is -0.0228. The van der Waals surface area contributed by atoms with E-state index in [2.05, 4.69) is 13.5 Å². The van der Waals surface area contributed by atoms with Crippen molar-refractivity contribution < 1.29 is 9.66 Å². The van der Waals surface area contributed by atoms with Crippen molar-refractivity contribution in [3.05, 3.63) is 53.5 Å². The molecule has 0 aliphatic rings. The molecule has 1 rings (SSSR count). The monoisotopic (exact) mass is 234 g/mol. The van der Waals surface area contributed by atoms with E-state index in [0.29, 0.717) is 17.9 Å². The van der Waals surface area contributed by atoms with Crippen molar-refractivity contribution in [1.82, 2.24) is 0 Å². The van der Waals surface area contributed by atoms with Gasteiger partial charge in [-0.05, 0) is 19.4 Å². The van der Waals surface area contributed by atoms with Gasteiger partial charge in [-0.25, -0.2) is 0 Å². The smallest absolute Gasteiger partial charge is 0.314 e. The predicted molar refractivity (Wildman–Crippen MR) is 67.2 cm³/mol. The summed E-state index contributed by atoms with van der Waals surface area (Å²) in [5, 5.41) is 11.1. The Balaban J connectivity index is 3.21. The van der Waals surface area contributed by atoms with Crippen LogP contribution in [0, 0.1) is 17.0 Å². The number of hydrogen-bond acceptors (Lipinski definition) is 3. The van der Waals surface area contributed by atoms with E-state index in [-0.39, 0.29) is 11.6 Å². The van der Waals surface area contributed by atoms with Crippen LogP contribution in [-0.2, 0) is 0 Å². The molecule has 0 aromatic heterocycles. The molecule has 0 spiro atoms. The first-order valence-electron chi connectivity index (χ1n) is 5.47. The number of hydrogen-bond donors (Lipinski definition) is 0. The zero-order valence-electron chi connectivity index (χ0n) is 9.89. The number of nitro benzene ring substituents is 1. The zero-order chi connectivity index (χ0) is 12.8. The van der Waals surface area contributed by atoms with Crippen molar-refractivity contribution in [2.75, 3.05) is 6.61 Å². The Kier molecular flexibility index (Phi) is 4.69. The molecule has 0 aliphatic heterocycles. The Morgan fingerprint density at radius 3 is 2.82 bits per heavy atom. The molecule has 0 aliphatic carbocycles. The van der Waals surface area contributed by atoms with Crippen LogP contribution in [0.5, 0.6) is 5.75 Å². The fourth-order valence-corrected chi connectivity index (χ4v) is 1.49. The summed E-state index contributed by atoms with van der Waals surface area (Å²) < 4.78 is 5.38. The van der Waals surface area contributed by atoms with Gasteiger partial charge in [-0.15, -0.1) is 6.58 Å². The molecule has 0 N–H and O–H groups in total. The molecule has 1 radical (unpaired) electrons. The molecule has 4 nitrogen and oxygen atoms in total. The zero-order valence-corrected chi connectivity index (χ0v) is 9.89. The SMILES string of the molecule is [CH2]C(C=C)c1cccc(OCCC)c1[N+](=O)[O-]. The van der Waals surface area contributed by atoms with E-state index < -0.39 is 4.92 Å². The topological polar surface area (TPSA) is 52.4 Å². The maximum Gasteiger partial charge on any atom is 0.314 e. The lowest BCUT2D eigenvalue weighted by Crippen LogP contribution is -2.03. The maximum atomic E-state index is 11.1. The minimum absolute atomic E-state index is 0.0131. The van der Waals surface area contributed by atoms with Crippen LogP contribution in [0.4, 0.5) is 5.69 Å². The van der Waals surface area contributed by atoms with E-state index in [0.717, 1.165) is 6.42 Å². The van der Waals surface area contributed by atoms with Gasteiger partial charge in [-0.3, -0.25) is 10.1 Å². The second-order valence-electron chi connectivity index (χ2n) is 3.64. The average molecular weight is 234 g/mol. The van der Waals surface area contributed by atoms with Gasteiger partial charge in [-0.1, -0.05) is 25.1 Å². The number of nitrogens with zero attached hydrogens (tertiary/aromatic N) is 1. The van der Waals surface area contributed by atoms with Crippen LogP contribution in [0.1, 0.15) is 24.8 Å². The molecular formula is C13H16NO3. The second kappa shape index (κ2) is 6.03. The number of benzene rings is 1. The molecule has 17 heavy (non-hydrogen) atoms. The standard InChI is InChI=1S/C13H16NO3/c1-4-9-17-12-8-6-7-11(10(3)5-2)13(12)14(15)16/h5-8,10H,2-4,9H2,1H3. The fraction of sp³-hybridized carbons (Fsp3) is 0.308. The summed E-state index contributed by atoms with van der Waals surface area (Å²) in [7, 11) is 0. The summed E-state index contributed by atoms with van der Waals surface area (Å²) in [6, 6.07) is 5.01. The molecular weight excluding hydrogens is 218 g/mol. The van der Waals surface area contributed by atoms with Crippen molar-refractivity contribution in [2.24, 2.45) is 0 Å². The third kappa shape index (κ3) is 3.06. The molecule has 0 saturated heterocycles. The van der Waals surface area contributed by atoms with Crippen molar-refractivity contribution >= 4 is 5.69 Å². The molecule has 1 unspecified atom stereocenters. The van der Waals surface area contributed by atoms with Crippen LogP contribution in [0.2, 0.25) is 0 Å². The summed E-state index contributed by atoms with van der Waals surface area (Å²) in [5.41, 5.74) is 0.513. The third-order valence-corrected chi connectivity index (χ3v) is 2.36. The van der Waals surface area contributed by atoms with Crippen molar-refractivity contribution in [2.45, 2.75) is 19.3 Å². The molecule has 4 heteroatoms. The molecule has 0 amide bonds. The maximum absolute atomic E-state index is 11.1. The molecule has 0 saturated carbocycles. The van der Waals surface area contributed by atoms with E-state index >= 15 is 0 Å². The molecule has 1 aromatic rings. The number of rotatable bonds is 6. The van der Waals surface area contributed by atoms with Gasteiger partial charge in [0.1, 0.15) is 0 Å². The van der Waals surface area contributed by atoms with Gasteiger partial charge in [0.15, 0.2) is 5.75 Å². The van der Waals surface area contributed by atoms with Crippen molar-refractivity contribution in [3.8, 4) is 5.75 Å². The van der Waals surface area contributed by atoms with E-state index in [1.54, 1.807) is 24.3 Å². The lowest BCUT2D eigenvalue weighted by molar-refractivity contribution is -0.386. The lowest BCUT2D eigenvalue weighted by atomic mass is 9.99. The highest BCUT2D eigenvalue weighted by Crippen LogP contribution is 2.35. The van der Waals surface area contributed by atoms with E-state index in [9.17, 15) is 10.1 Å². The van der Waals surface area contributed by atoms with Crippen LogP contribution < -0.4 is 4.74 Å².